The van der Waals surface area contributed by atoms with Crippen molar-refractivity contribution in [2.24, 2.45) is 0 Å². The van der Waals surface area contributed by atoms with Gasteiger partial charge in [0.2, 0.25) is 15.9 Å². The lowest BCUT2D eigenvalue weighted by Crippen LogP contribution is -2.31. The number of hydrogen-bond donors (Lipinski definition) is 2. The van der Waals surface area contributed by atoms with Gasteiger partial charge in [-0.05, 0) is 61.7 Å². The largest absolute Gasteiger partial charge is 0.377 e. The van der Waals surface area contributed by atoms with Crippen LogP contribution in [-0.2, 0) is 19.6 Å². The van der Waals surface area contributed by atoms with Gasteiger partial charge in [0.05, 0.1) is 11.0 Å². The summed E-state index contributed by atoms with van der Waals surface area (Å²) in [4.78, 5) is 26.3. The van der Waals surface area contributed by atoms with Crippen LogP contribution >= 0.6 is 0 Å². The Labute approximate surface area is 181 Å². The molecule has 2 heterocycles. The van der Waals surface area contributed by atoms with Crippen molar-refractivity contribution in [1.82, 2.24) is 4.72 Å². The lowest BCUT2D eigenvalue weighted by atomic mass is 10.2. The summed E-state index contributed by atoms with van der Waals surface area (Å²) in [7, 11) is -3.67. The van der Waals surface area contributed by atoms with E-state index >= 15 is 0 Å². The molecule has 0 saturated carbocycles. The van der Waals surface area contributed by atoms with Crippen LogP contribution in [-0.4, -0.2) is 46.0 Å². The number of sulfonamides is 1. The number of nitrogens with zero attached hydrogens (tertiary/aromatic N) is 1. The Bertz CT molecular complexity index is 1060. The first-order valence-electron chi connectivity index (χ1n) is 10.4. The molecule has 8 nitrogen and oxygen atoms in total. The van der Waals surface area contributed by atoms with Crippen LogP contribution in [0.2, 0.25) is 0 Å². The Balaban J connectivity index is 1.40. The normalized spacial score (nSPS) is 19.0. The van der Waals surface area contributed by atoms with Crippen molar-refractivity contribution in [3.8, 4) is 0 Å². The first-order valence-corrected chi connectivity index (χ1v) is 11.8. The molecule has 31 heavy (non-hydrogen) atoms. The van der Waals surface area contributed by atoms with Crippen LogP contribution in [0.25, 0.3) is 0 Å². The quantitative estimate of drug-likeness (QED) is 0.684. The summed E-state index contributed by atoms with van der Waals surface area (Å²) in [5, 5.41) is 2.80. The zero-order valence-electron chi connectivity index (χ0n) is 17.0. The summed E-state index contributed by atoms with van der Waals surface area (Å²) >= 11 is 0. The standard InChI is InChI=1S/C22H25N3O5S/c26-21-7-2-12-25(21)18-5-1-4-17(14-18)24-22(27)16-8-10-20(11-9-16)31(28,29)23-15-19-6-3-13-30-19/h1,4-5,8-11,14,19,23H,2-3,6-7,12-13,15H2,(H,24,27)/t19-/m0/s1. The van der Waals surface area contributed by atoms with Gasteiger partial charge in [0.1, 0.15) is 0 Å². The number of hydrogen-bond acceptors (Lipinski definition) is 5. The van der Waals surface area contributed by atoms with E-state index in [9.17, 15) is 18.0 Å². The molecule has 2 aromatic carbocycles. The van der Waals surface area contributed by atoms with E-state index in [4.69, 9.17) is 4.74 Å². The molecule has 2 N–H and O–H groups in total. The molecule has 2 aliphatic rings. The van der Waals surface area contributed by atoms with E-state index in [1.807, 2.05) is 6.07 Å². The molecule has 2 saturated heterocycles. The number of carbonyl (C=O) groups excluding carboxylic acids is 2. The minimum Gasteiger partial charge on any atom is -0.377 e. The molecule has 2 amide bonds. The number of amides is 2. The highest BCUT2D eigenvalue weighted by atomic mass is 32.2. The van der Waals surface area contributed by atoms with Gasteiger partial charge >= 0.3 is 0 Å². The zero-order valence-corrected chi connectivity index (χ0v) is 17.9. The summed E-state index contributed by atoms with van der Waals surface area (Å²) in [6, 6.07) is 12.9. The average molecular weight is 444 g/mol. The van der Waals surface area contributed by atoms with Crippen molar-refractivity contribution >= 4 is 33.2 Å². The number of carbonyl (C=O) groups is 2. The fourth-order valence-electron chi connectivity index (χ4n) is 3.75. The fraction of sp³-hybridized carbons (Fsp3) is 0.364. The van der Waals surface area contributed by atoms with Gasteiger partial charge in [-0.3, -0.25) is 9.59 Å². The van der Waals surface area contributed by atoms with Crippen molar-refractivity contribution in [3.63, 3.8) is 0 Å². The van der Waals surface area contributed by atoms with Crippen LogP contribution in [0, 0.1) is 0 Å². The number of nitrogens with one attached hydrogen (secondary N) is 2. The second kappa shape index (κ2) is 9.17. The smallest absolute Gasteiger partial charge is 0.255 e. The van der Waals surface area contributed by atoms with Gasteiger partial charge in [-0.15, -0.1) is 0 Å². The molecule has 2 aromatic rings. The van der Waals surface area contributed by atoms with E-state index in [1.165, 1.54) is 24.3 Å². The maximum absolute atomic E-state index is 12.6. The second-order valence-corrected chi connectivity index (χ2v) is 9.43. The third-order valence-corrected chi connectivity index (χ3v) is 6.88. The topological polar surface area (TPSA) is 105 Å². The molecule has 0 bridgehead atoms. The van der Waals surface area contributed by atoms with E-state index in [0.717, 1.165) is 24.9 Å². The zero-order chi connectivity index (χ0) is 21.8. The SMILES string of the molecule is O=C(Nc1cccc(N2CCCC2=O)c1)c1ccc(S(=O)(=O)NC[C@@H]2CCCO2)cc1. The summed E-state index contributed by atoms with van der Waals surface area (Å²) in [6.45, 7) is 1.57. The number of benzene rings is 2. The van der Waals surface area contributed by atoms with Crippen LogP contribution in [0.5, 0.6) is 0 Å². The van der Waals surface area contributed by atoms with E-state index in [0.29, 0.717) is 30.8 Å². The van der Waals surface area contributed by atoms with Crippen molar-refractivity contribution < 1.29 is 22.7 Å². The molecule has 9 heteroatoms. The molecule has 2 aliphatic heterocycles. The minimum absolute atomic E-state index is 0.0772. The van der Waals surface area contributed by atoms with Crippen molar-refractivity contribution in [3.05, 3.63) is 54.1 Å². The molecule has 164 valence electrons. The Morgan fingerprint density at radius 3 is 2.61 bits per heavy atom. The Morgan fingerprint density at radius 1 is 1.13 bits per heavy atom. The molecule has 0 spiro atoms. The summed E-state index contributed by atoms with van der Waals surface area (Å²) in [5.41, 5.74) is 1.65. The number of anilines is 2. The lowest BCUT2D eigenvalue weighted by Gasteiger charge is -2.17. The number of ether oxygens (including phenoxy) is 1. The molecular formula is C22H25N3O5S. The van der Waals surface area contributed by atoms with E-state index in [2.05, 4.69) is 10.0 Å². The Hall–Kier alpha value is -2.75. The molecule has 0 aliphatic carbocycles. The predicted octanol–water partition coefficient (Wildman–Crippen LogP) is 2.52. The Kier molecular flexibility index (Phi) is 6.35. The van der Waals surface area contributed by atoms with Crippen LogP contribution < -0.4 is 14.9 Å². The van der Waals surface area contributed by atoms with E-state index in [-0.39, 0.29) is 29.4 Å². The van der Waals surface area contributed by atoms with Crippen molar-refractivity contribution in [2.75, 3.05) is 29.9 Å². The molecular weight excluding hydrogens is 418 g/mol. The summed E-state index contributed by atoms with van der Waals surface area (Å²) < 4.78 is 32.9. The average Bonchev–Trinajstić information content (AvgIpc) is 3.44. The first kappa shape index (κ1) is 21.5. The second-order valence-electron chi connectivity index (χ2n) is 7.66. The van der Waals surface area contributed by atoms with Gasteiger partial charge in [0, 0.05) is 43.1 Å². The van der Waals surface area contributed by atoms with Crippen LogP contribution in [0.4, 0.5) is 11.4 Å². The highest BCUT2D eigenvalue weighted by Gasteiger charge is 2.22. The molecule has 0 aromatic heterocycles. The van der Waals surface area contributed by atoms with Crippen LogP contribution in [0.1, 0.15) is 36.0 Å². The van der Waals surface area contributed by atoms with E-state index < -0.39 is 10.0 Å². The molecule has 0 unspecified atom stereocenters. The molecule has 1 atom stereocenters. The van der Waals surface area contributed by atoms with Gasteiger partial charge in [-0.25, -0.2) is 13.1 Å². The lowest BCUT2D eigenvalue weighted by molar-refractivity contribution is -0.117. The summed E-state index contributed by atoms with van der Waals surface area (Å²) in [5.74, 6) is -0.283. The van der Waals surface area contributed by atoms with E-state index in [1.54, 1.807) is 23.1 Å². The minimum atomic E-state index is -3.67. The van der Waals surface area contributed by atoms with Gasteiger partial charge in [-0.2, -0.15) is 0 Å². The predicted molar refractivity (Wildman–Crippen MR) is 117 cm³/mol. The Morgan fingerprint density at radius 2 is 1.94 bits per heavy atom. The molecule has 0 radical (unpaired) electrons. The first-order chi connectivity index (χ1) is 14.9. The summed E-state index contributed by atoms with van der Waals surface area (Å²) in [6.07, 6.45) is 3.05. The highest BCUT2D eigenvalue weighted by Crippen LogP contribution is 2.24. The van der Waals surface area contributed by atoms with Gasteiger partial charge in [0.25, 0.3) is 5.91 Å². The van der Waals surface area contributed by atoms with Gasteiger partial charge in [0.15, 0.2) is 0 Å². The maximum atomic E-state index is 12.6. The van der Waals surface area contributed by atoms with Gasteiger partial charge < -0.3 is 15.0 Å². The highest BCUT2D eigenvalue weighted by molar-refractivity contribution is 7.89. The van der Waals surface area contributed by atoms with Crippen molar-refractivity contribution in [2.45, 2.75) is 36.7 Å². The fourth-order valence-corrected chi connectivity index (χ4v) is 4.82. The van der Waals surface area contributed by atoms with Crippen molar-refractivity contribution in [1.29, 1.82) is 0 Å². The maximum Gasteiger partial charge on any atom is 0.255 e. The monoisotopic (exact) mass is 443 g/mol. The third kappa shape index (κ3) is 5.12. The molecule has 4 rings (SSSR count). The van der Waals surface area contributed by atoms with Crippen LogP contribution in [0.3, 0.4) is 0 Å². The van der Waals surface area contributed by atoms with Gasteiger partial charge in [-0.1, -0.05) is 6.07 Å². The molecule has 2 fully saturated rings. The number of rotatable bonds is 7. The third-order valence-electron chi connectivity index (χ3n) is 5.44. The van der Waals surface area contributed by atoms with Crippen LogP contribution in [0.15, 0.2) is 53.4 Å².